The molecule has 0 aromatic rings. The Kier molecular flexibility index (Phi) is 4.80. The summed E-state index contributed by atoms with van der Waals surface area (Å²) in [4.78, 5) is 25.6. The first-order valence-corrected chi connectivity index (χ1v) is 5.29. The second-order valence-electron chi connectivity index (χ2n) is 3.65. The van der Waals surface area contributed by atoms with Crippen molar-refractivity contribution < 1.29 is 14.7 Å². The SMILES string of the molecule is CC#CC(=O)N1CCN(CCC(=O)O)CC1. The number of carboxylic acids is 1. The first kappa shape index (κ1) is 12.5. The number of aliphatic carboxylic acids is 1. The number of piperazine rings is 1. The number of hydrogen-bond donors (Lipinski definition) is 1. The summed E-state index contributed by atoms with van der Waals surface area (Å²) in [7, 11) is 0. The molecule has 1 rings (SSSR count). The van der Waals surface area contributed by atoms with Crippen molar-refractivity contribution in [3.05, 3.63) is 0 Å². The summed E-state index contributed by atoms with van der Waals surface area (Å²) in [6, 6.07) is 0. The van der Waals surface area contributed by atoms with E-state index in [9.17, 15) is 9.59 Å². The molecule has 1 aliphatic heterocycles. The van der Waals surface area contributed by atoms with Gasteiger partial charge in [-0.1, -0.05) is 5.92 Å². The van der Waals surface area contributed by atoms with Gasteiger partial charge in [0.25, 0.3) is 5.91 Å². The zero-order chi connectivity index (χ0) is 12.0. The maximum atomic E-state index is 11.4. The molecule has 0 radical (unpaired) electrons. The maximum Gasteiger partial charge on any atom is 0.304 e. The quantitative estimate of drug-likeness (QED) is 0.664. The Labute approximate surface area is 95.0 Å². The fourth-order valence-corrected chi connectivity index (χ4v) is 1.61. The van der Waals surface area contributed by atoms with E-state index in [1.54, 1.807) is 11.8 Å². The molecule has 1 amide bonds. The van der Waals surface area contributed by atoms with Crippen molar-refractivity contribution in [1.29, 1.82) is 0 Å². The van der Waals surface area contributed by atoms with Crippen molar-refractivity contribution in [3.63, 3.8) is 0 Å². The minimum atomic E-state index is -0.782. The molecule has 0 aliphatic carbocycles. The Morgan fingerprint density at radius 2 is 1.88 bits per heavy atom. The third-order valence-electron chi connectivity index (χ3n) is 2.53. The lowest BCUT2D eigenvalue weighted by Gasteiger charge is -2.33. The number of carboxylic acid groups (broad SMARTS) is 1. The van der Waals surface area contributed by atoms with Gasteiger partial charge >= 0.3 is 5.97 Å². The van der Waals surface area contributed by atoms with E-state index in [-0.39, 0.29) is 12.3 Å². The van der Waals surface area contributed by atoms with Crippen LogP contribution in [-0.4, -0.2) is 59.5 Å². The molecule has 1 fully saturated rings. The third-order valence-corrected chi connectivity index (χ3v) is 2.53. The van der Waals surface area contributed by atoms with E-state index in [1.165, 1.54) is 0 Å². The maximum absolute atomic E-state index is 11.4. The smallest absolute Gasteiger partial charge is 0.304 e. The molecule has 0 aromatic carbocycles. The summed E-state index contributed by atoms with van der Waals surface area (Å²) in [5.74, 6) is 4.17. The summed E-state index contributed by atoms with van der Waals surface area (Å²) in [5.41, 5.74) is 0. The number of carbonyl (C=O) groups excluding carboxylic acids is 1. The molecule has 0 aromatic heterocycles. The van der Waals surface area contributed by atoms with Crippen molar-refractivity contribution >= 4 is 11.9 Å². The molecule has 5 nitrogen and oxygen atoms in total. The second kappa shape index (κ2) is 6.13. The van der Waals surface area contributed by atoms with E-state index in [0.717, 1.165) is 13.1 Å². The monoisotopic (exact) mass is 224 g/mol. The van der Waals surface area contributed by atoms with Gasteiger partial charge in [-0.3, -0.25) is 14.5 Å². The largest absolute Gasteiger partial charge is 0.481 e. The molecule has 1 aliphatic rings. The molecule has 1 saturated heterocycles. The van der Waals surface area contributed by atoms with E-state index in [4.69, 9.17) is 5.11 Å². The molecule has 0 atom stereocenters. The van der Waals surface area contributed by atoms with Gasteiger partial charge in [0, 0.05) is 32.7 Å². The van der Waals surface area contributed by atoms with Crippen LogP contribution in [0.5, 0.6) is 0 Å². The van der Waals surface area contributed by atoms with Gasteiger partial charge in [-0.15, -0.1) is 0 Å². The molecule has 5 heteroatoms. The van der Waals surface area contributed by atoms with E-state index in [2.05, 4.69) is 16.7 Å². The van der Waals surface area contributed by atoms with Crippen molar-refractivity contribution in [2.45, 2.75) is 13.3 Å². The van der Waals surface area contributed by atoms with Gasteiger partial charge in [0.15, 0.2) is 0 Å². The van der Waals surface area contributed by atoms with Gasteiger partial charge < -0.3 is 10.0 Å². The van der Waals surface area contributed by atoms with Crippen LogP contribution in [-0.2, 0) is 9.59 Å². The van der Waals surface area contributed by atoms with Gasteiger partial charge in [0.1, 0.15) is 0 Å². The van der Waals surface area contributed by atoms with E-state index < -0.39 is 5.97 Å². The number of nitrogens with zero attached hydrogens (tertiary/aromatic N) is 2. The van der Waals surface area contributed by atoms with Gasteiger partial charge in [0.05, 0.1) is 6.42 Å². The minimum absolute atomic E-state index is 0.139. The molecule has 88 valence electrons. The van der Waals surface area contributed by atoms with E-state index >= 15 is 0 Å². The fraction of sp³-hybridized carbons (Fsp3) is 0.636. The standard InChI is InChI=1S/C11H16N2O3/c1-2-3-10(14)13-8-6-12(7-9-13)5-4-11(15)16/h4-9H2,1H3,(H,15,16). The first-order valence-electron chi connectivity index (χ1n) is 5.29. The minimum Gasteiger partial charge on any atom is -0.481 e. The van der Waals surface area contributed by atoms with Crippen LogP contribution in [0.1, 0.15) is 13.3 Å². The summed E-state index contributed by atoms with van der Waals surface area (Å²) in [6.07, 6.45) is 0.155. The summed E-state index contributed by atoms with van der Waals surface area (Å²) in [5, 5.41) is 8.54. The third kappa shape index (κ3) is 3.91. The Morgan fingerprint density at radius 1 is 1.25 bits per heavy atom. The van der Waals surface area contributed by atoms with Crippen LogP contribution in [0.25, 0.3) is 0 Å². The van der Waals surface area contributed by atoms with Crippen LogP contribution in [0.4, 0.5) is 0 Å². The average Bonchev–Trinajstić information content (AvgIpc) is 2.27. The number of amides is 1. The Hall–Kier alpha value is -1.54. The van der Waals surface area contributed by atoms with Crippen LogP contribution in [0.15, 0.2) is 0 Å². The molecule has 1 N–H and O–H groups in total. The van der Waals surface area contributed by atoms with Crippen LogP contribution >= 0.6 is 0 Å². The summed E-state index contributed by atoms with van der Waals surface area (Å²) in [6.45, 7) is 4.91. The molecular formula is C11H16N2O3. The van der Waals surface area contributed by atoms with Crippen LogP contribution < -0.4 is 0 Å². The Morgan fingerprint density at radius 3 is 2.38 bits per heavy atom. The topological polar surface area (TPSA) is 60.9 Å². The number of rotatable bonds is 3. The molecule has 1 heterocycles. The van der Waals surface area contributed by atoms with Gasteiger partial charge in [-0.25, -0.2) is 0 Å². The zero-order valence-corrected chi connectivity index (χ0v) is 9.40. The van der Waals surface area contributed by atoms with Gasteiger partial charge in [0.2, 0.25) is 0 Å². The predicted octanol–water partition coefficient (Wildman–Crippen LogP) is -0.371. The highest BCUT2D eigenvalue weighted by Gasteiger charge is 2.19. The number of hydrogen-bond acceptors (Lipinski definition) is 3. The van der Waals surface area contributed by atoms with E-state index in [0.29, 0.717) is 19.6 Å². The molecule has 0 bridgehead atoms. The summed E-state index contributed by atoms with van der Waals surface area (Å²) < 4.78 is 0. The fourth-order valence-electron chi connectivity index (χ4n) is 1.61. The van der Waals surface area contributed by atoms with Gasteiger partial charge in [-0.2, -0.15) is 0 Å². The van der Waals surface area contributed by atoms with Crippen molar-refractivity contribution in [3.8, 4) is 11.8 Å². The lowest BCUT2D eigenvalue weighted by atomic mass is 10.3. The zero-order valence-electron chi connectivity index (χ0n) is 9.40. The Balaban J connectivity index is 2.30. The average molecular weight is 224 g/mol. The lowest BCUT2D eigenvalue weighted by Crippen LogP contribution is -2.48. The highest BCUT2D eigenvalue weighted by molar-refractivity contribution is 5.93. The Bertz CT molecular complexity index is 322. The van der Waals surface area contributed by atoms with Crippen LogP contribution in [0.2, 0.25) is 0 Å². The van der Waals surface area contributed by atoms with Crippen LogP contribution in [0, 0.1) is 11.8 Å². The normalized spacial score (nSPS) is 16.4. The molecular weight excluding hydrogens is 208 g/mol. The lowest BCUT2D eigenvalue weighted by molar-refractivity contribution is -0.137. The van der Waals surface area contributed by atoms with Crippen molar-refractivity contribution in [2.75, 3.05) is 32.7 Å². The molecule has 0 unspecified atom stereocenters. The predicted molar refractivity (Wildman–Crippen MR) is 58.7 cm³/mol. The molecule has 0 spiro atoms. The highest BCUT2D eigenvalue weighted by atomic mass is 16.4. The second-order valence-corrected chi connectivity index (χ2v) is 3.65. The van der Waals surface area contributed by atoms with Crippen LogP contribution in [0.3, 0.4) is 0 Å². The molecule has 16 heavy (non-hydrogen) atoms. The first-order chi connectivity index (χ1) is 7.63. The van der Waals surface area contributed by atoms with Crippen molar-refractivity contribution in [2.24, 2.45) is 0 Å². The van der Waals surface area contributed by atoms with Gasteiger partial charge in [-0.05, 0) is 12.8 Å². The summed E-state index contributed by atoms with van der Waals surface area (Å²) >= 11 is 0. The number of carbonyl (C=O) groups is 2. The highest BCUT2D eigenvalue weighted by Crippen LogP contribution is 2.02. The molecule has 0 saturated carbocycles. The van der Waals surface area contributed by atoms with E-state index in [1.807, 2.05) is 0 Å². The van der Waals surface area contributed by atoms with Crippen molar-refractivity contribution in [1.82, 2.24) is 9.80 Å².